The number of nitrogen functional groups attached to an aromatic ring is 1. The summed E-state index contributed by atoms with van der Waals surface area (Å²) >= 11 is 3.04. The topological polar surface area (TPSA) is 107 Å². The third-order valence-electron chi connectivity index (χ3n) is 2.30. The van der Waals surface area contributed by atoms with Crippen molar-refractivity contribution in [3.63, 3.8) is 0 Å². The smallest absolute Gasteiger partial charge is 0.308 e. The Morgan fingerprint density at radius 3 is 2.84 bits per heavy atom. The van der Waals surface area contributed by atoms with Crippen LogP contribution in [-0.4, -0.2) is 24.0 Å². The van der Waals surface area contributed by atoms with Crippen molar-refractivity contribution in [2.75, 3.05) is 24.3 Å². The molecule has 19 heavy (non-hydrogen) atoms. The Morgan fingerprint density at radius 2 is 2.26 bits per heavy atom. The number of benzene rings is 1. The lowest BCUT2D eigenvalue weighted by Gasteiger charge is -2.09. The summed E-state index contributed by atoms with van der Waals surface area (Å²) < 4.78 is 5.31. The zero-order chi connectivity index (χ0) is 14.4. The lowest BCUT2D eigenvalue weighted by molar-refractivity contribution is -0.384. The van der Waals surface area contributed by atoms with Gasteiger partial charge in [0, 0.05) is 6.61 Å². The molecule has 0 aliphatic rings. The number of nitro groups is 1. The summed E-state index contributed by atoms with van der Waals surface area (Å²) in [6, 6.07) is 2.97. The van der Waals surface area contributed by atoms with E-state index in [0.29, 0.717) is 13.2 Å². The molecule has 3 N–H and O–H groups in total. The van der Waals surface area contributed by atoms with E-state index in [-0.39, 0.29) is 33.9 Å². The Labute approximate surface area is 118 Å². The number of carbonyl (C=O) groups excluding carboxylic acids is 1. The zero-order valence-electron chi connectivity index (χ0n) is 10.3. The number of amides is 1. The number of carbonyl (C=O) groups is 1. The van der Waals surface area contributed by atoms with Crippen molar-refractivity contribution >= 4 is 38.9 Å². The fourth-order valence-electron chi connectivity index (χ4n) is 1.40. The Bertz CT molecular complexity index is 493. The SMILES string of the molecule is CCOCCC(=O)Nc1ccc(Br)c([N+](=O)[O-])c1N. The number of nitrogens with two attached hydrogens (primary N) is 1. The van der Waals surface area contributed by atoms with Crippen LogP contribution in [0, 0.1) is 10.1 Å². The fourth-order valence-corrected chi connectivity index (χ4v) is 1.89. The van der Waals surface area contributed by atoms with E-state index in [1.165, 1.54) is 12.1 Å². The molecule has 0 spiro atoms. The minimum Gasteiger partial charge on any atom is -0.391 e. The Balaban J connectivity index is 2.82. The third kappa shape index (κ3) is 4.18. The lowest BCUT2D eigenvalue weighted by atomic mass is 10.2. The van der Waals surface area contributed by atoms with Gasteiger partial charge in [0.2, 0.25) is 5.91 Å². The molecule has 0 saturated carbocycles. The maximum absolute atomic E-state index is 11.6. The highest BCUT2D eigenvalue weighted by atomic mass is 79.9. The number of hydrogen-bond donors (Lipinski definition) is 2. The van der Waals surface area contributed by atoms with Crippen LogP contribution >= 0.6 is 15.9 Å². The Hall–Kier alpha value is -1.67. The molecule has 0 fully saturated rings. The number of nitrogens with zero attached hydrogens (tertiary/aromatic N) is 1. The molecule has 104 valence electrons. The van der Waals surface area contributed by atoms with Gasteiger partial charge in [0.05, 0.1) is 28.1 Å². The summed E-state index contributed by atoms with van der Waals surface area (Å²) in [7, 11) is 0. The Kier molecular flexibility index (Phi) is 5.71. The standard InChI is InChI=1S/C11H14BrN3O4/c1-2-19-6-5-9(16)14-8-4-3-7(12)11(10(8)13)15(17)18/h3-4H,2,5-6,13H2,1H3,(H,14,16). The second-order valence-electron chi connectivity index (χ2n) is 3.61. The minimum absolute atomic E-state index is 0.0795. The summed E-state index contributed by atoms with van der Waals surface area (Å²) in [5.41, 5.74) is 5.55. The van der Waals surface area contributed by atoms with Crippen molar-refractivity contribution in [1.82, 2.24) is 0 Å². The molecular formula is C11H14BrN3O4. The number of nitrogens with one attached hydrogen (secondary N) is 1. The second kappa shape index (κ2) is 7.05. The van der Waals surface area contributed by atoms with Crippen LogP contribution < -0.4 is 11.1 Å². The molecule has 0 aromatic heterocycles. The maximum atomic E-state index is 11.6. The average molecular weight is 332 g/mol. The van der Waals surface area contributed by atoms with E-state index >= 15 is 0 Å². The monoisotopic (exact) mass is 331 g/mol. The van der Waals surface area contributed by atoms with Gasteiger partial charge in [0.15, 0.2) is 0 Å². The van der Waals surface area contributed by atoms with E-state index in [4.69, 9.17) is 10.5 Å². The third-order valence-corrected chi connectivity index (χ3v) is 2.94. The van der Waals surface area contributed by atoms with Crippen LogP contribution in [0.3, 0.4) is 0 Å². The van der Waals surface area contributed by atoms with Crippen LogP contribution in [0.4, 0.5) is 17.1 Å². The largest absolute Gasteiger partial charge is 0.391 e. The molecule has 0 aliphatic heterocycles. The van der Waals surface area contributed by atoms with E-state index in [0.717, 1.165) is 0 Å². The first-order valence-electron chi connectivity index (χ1n) is 5.57. The summed E-state index contributed by atoms with van der Waals surface area (Å²) in [5.74, 6) is -0.309. The molecule has 1 aromatic rings. The van der Waals surface area contributed by atoms with Crippen molar-refractivity contribution in [2.24, 2.45) is 0 Å². The highest BCUT2D eigenvalue weighted by Gasteiger charge is 2.20. The molecule has 0 radical (unpaired) electrons. The summed E-state index contributed by atoms with van der Waals surface area (Å²) in [6.45, 7) is 2.65. The molecule has 0 unspecified atom stereocenters. The number of ether oxygens (including phenoxy) is 1. The van der Waals surface area contributed by atoms with Crippen LogP contribution in [0.1, 0.15) is 13.3 Å². The van der Waals surface area contributed by atoms with Gasteiger partial charge in [-0.25, -0.2) is 0 Å². The molecule has 1 amide bonds. The zero-order valence-corrected chi connectivity index (χ0v) is 11.9. The van der Waals surface area contributed by atoms with Gasteiger partial charge in [-0.05, 0) is 35.0 Å². The van der Waals surface area contributed by atoms with Crippen LogP contribution in [-0.2, 0) is 9.53 Å². The number of hydrogen-bond acceptors (Lipinski definition) is 5. The van der Waals surface area contributed by atoms with Gasteiger partial charge in [-0.3, -0.25) is 14.9 Å². The minimum atomic E-state index is -0.602. The average Bonchev–Trinajstić information content (AvgIpc) is 2.33. The molecule has 0 saturated heterocycles. The van der Waals surface area contributed by atoms with Gasteiger partial charge >= 0.3 is 5.69 Å². The summed E-state index contributed by atoms with van der Waals surface area (Å²) in [5, 5.41) is 13.4. The quantitative estimate of drug-likeness (QED) is 0.360. The van der Waals surface area contributed by atoms with E-state index in [1.807, 2.05) is 6.92 Å². The normalized spacial score (nSPS) is 10.2. The maximum Gasteiger partial charge on any atom is 0.308 e. The van der Waals surface area contributed by atoms with E-state index < -0.39 is 4.92 Å². The van der Waals surface area contributed by atoms with Crippen LogP contribution in [0.5, 0.6) is 0 Å². The van der Waals surface area contributed by atoms with Crippen LogP contribution in [0.15, 0.2) is 16.6 Å². The fraction of sp³-hybridized carbons (Fsp3) is 0.364. The molecule has 1 aromatic carbocycles. The van der Waals surface area contributed by atoms with Crippen molar-refractivity contribution in [1.29, 1.82) is 0 Å². The molecule has 0 atom stereocenters. The van der Waals surface area contributed by atoms with E-state index in [9.17, 15) is 14.9 Å². The van der Waals surface area contributed by atoms with Gasteiger partial charge in [-0.1, -0.05) is 0 Å². The molecule has 7 nitrogen and oxygen atoms in total. The highest BCUT2D eigenvalue weighted by molar-refractivity contribution is 9.10. The predicted octanol–water partition coefficient (Wildman–Crippen LogP) is 2.30. The van der Waals surface area contributed by atoms with Crippen LogP contribution in [0.25, 0.3) is 0 Å². The highest BCUT2D eigenvalue weighted by Crippen LogP contribution is 2.36. The van der Waals surface area contributed by atoms with Gasteiger partial charge in [0.1, 0.15) is 5.69 Å². The van der Waals surface area contributed by atoms with Crippen molar-refractivity contribution in [3.8, 4) is 0 Å². The summed E-state index contributed by atoms with van der Waals surface area (Å²) in [4.78, 5) is 21.8. The molecule has 0 aliphatic carbocycles. The first-order chi connectivity index (χ1) is 8.97. The lowest BCUT2D eigenvalue weighted by Crippen LogP contribution is -2.15. The van der Waals surface area contributed by atoms with Crippen LogP contribution in [0.2, 0.25) is 0 Å². The number of anilines is 2. The van der Waals surface area contributed by atoms with E-state index in [2.05, 4.69) is 21.2 Å². The van der Waals surface area contributed by atoms with Gasteiger partial charge in [-0.15, -0.1) is 0 Å². The number of rotatable bonds is 6. The second-order valence-corrected chi connectivity index (χ2v) is 4.46. The summed E-state index contributed by atoms with van der Waals surface area (Å²) in [6.07, 6.45) is 0.164. The van der Waals surface area contributed by atoms with Crippen molar-refractivity contribution in [2.45, 2.75) is 13.3 Å². The van der Waals surface area contributed by atoms with Crippen molar-refractivity contribution in [3.05, 3.63) is 26.7 Å². The first kappa shape index (κ1) is 15.4. The van der Waals surface area contributed by atoms with Gasteiger partial charge < -0.3 is 15.8 Å². The van der Waals surface area contributed by atoms with Gasteiger partial charge in [-0.2, -0.15) is 0 Å². The molecule has 8 heteroatoms. The van der Waals surface area contributed by atoms with E-state index in [1.54, 1.807) is 0 Å². The predicted molar refractivity (Wildman–Crippen MR) is 74.9 cm³/mol. The number of nitro benzene ring substituents is 1. The Morgan fingerprint density at radius 1 is 1.58 bits per heavy atom. The van der Waals surface area contributed by atoms with Crippen molar-refractivity contribution < 1.29 is 14.5 Å². The number of halogens is 1. The molecular weight excluding hydrogens is 318 g/mol. The van der Waals surface area contributed by atoms with Gasteiger partial charge in [0.25, 0.3) is 0 Å². The first-order valence-corrected chi connectivity index (χ1v) is 6.36. The molecule has 0 bridgehead atoms. The molecule has 1 rings (SSSR count). The molecule has 0 heterocycles.